The average Bonchev–Trinajstić information content (AvgIpc) is 3.69. The average molecular weight is 700 g/mol. The van der Waals surface area contributed by atoms with Crippen molar-refractivity contribution in [2.24, 2.45) is 23.7 Å². The Balaban J connectivity index is 1.70. The third-order valence-corrected chi connectivity index (χ3v) is 11.2. The number of ether oxygens (including phenoxy) is 2. The van der Waals surface area contributed by atoms with E-state index in [1.165, 1.54) is 0 Å². The van der Waals surface area contributed by atoms with Gasteiger partial charge in [0, 0.05) is 34.4 Å². The van der Waals surface area contributed by atoms with Crippen molar-refractivity contribution in [1.29, 1.82) is 0 Å². The number of nitrogens with zero attached hydrogens (tertiary/aromatic N) is 2. The number of amides is 4. The number of hydrogen-bond acceptors (Lipinski definition) is 7. The summed E-state index contributed by atoms with van der Waals surface area (Å²) in [6, 6.07) is -1.38. The zero-order chi connectivity index (χ0) is 37.0. The molecule has 1 aliphatic carbocycles. The van der Waals surface area contributed by atoms with Crippen LogP contribution in [0.25, 0.3) is 0 Å². The lowest BCUT2D eigenvalue weighted by atomic mass is 9.89. The van der Waals surface area contributed by atoms with Gasteiger partial charge >= 0.3 is 0 Å². The first-order chi connectivity index (χ1) is 23.8. The fourth-order valence-electron chi connectivity index (χ4n) is 7.75. The Kier molecular flexibility index (Phi) is 16.2. The molecule has 0 aromatic carbocycles. The maximum absolute atomic E-state index is 14.1. The minimum absolute atomic E-state index is 0.0179. The van der Waals surface area contributed by atoms with Crippen molar-refractivity contribution in [1.82, 2.24) is 25.8 Å². The minimum atomic E-state index is -0.721. The highest BCUT2D eigenvalue weighted by Gasteiger charge is 2.44. The third kappa shape index (κ3) is 10.5. The fourth-order valence-corrected chi connectivity index (χ4v) is 7.75. The summed E-state index contributed by atoms with van der Waals surface area (Å²) in [5, 5.41) is 9.41. The summed E-state index contributed by atoms with van der Waals surface area (Å²) in [6.45, 7) is 13.6. The molecule has 0 unspecified atom stereocenters. The van der Waals surface area contributed by atoms with Crippen LogP contribution in [0.15, 0.2) is 36.5 Å². The number of carbonyl (C=O) groups is 4. The van der Waals surface area contributed by atoms with Crippen LogP contribution in [-0.4, -0.2) is 110 Å². The van der Waals surface area contributed by atoms with E-state index in [9.17, 15) is 19.2 Å². The molecule has 8 atom stereocenters. The van der Waals surface area contributed by atoms with E-state index >= 15 is 0 Å². The van der Waals surface area contributed by atoms with Gasteiger partial charge in [-0.05, 0) is 63.3 Å². The summed E-state index contributed by atoms with van der Waals surface area (Å²) in [5.74, 6) is -0.866. The molecule has 2 saturated heterocycles. The van der Waals surface area contributed by atoms with Gasteiger partial charge < -0.3 is 35.2 Å². The third-order valence-electron chi connectivity index (χ3n) is 11.2. The monoisotopic (exact) mass is 699 g/mol. The molecule has 0 saturated carbocycles. The number of hydrogen-bond donors (Lipinski definition) is 3. The number of methoxy groups -OCH3 is 2. The van der Waals surface area contributed by atoms with Crippen LogP contribution in [0.1, 0.15) is 86.5 Å². The van der Waals surface area contributed by atoms with Gasteiger partial charge in [-0.2, -0.15) is 0 Å². The molecule has 0 bridgehead atoms. The van der Waals surface area contributed by atoms with Crippen molar-refractivity contribution in [3.63, 3.8) is 0 Å². The summed E-state index contributed by atoms with van der Waals surface area (Å²) in [5.41, 5.74) is -0.699. The van der Waals surface area contributed by atoms with Crippen molar-refractivity contribution in [3.8, 4) is 0 Å². The van der Waals surface area contributed by atoms with Gasteiger partial charge in [0.1, 0.15) is 6.04 Å². The molecule has 2 aliphatic heterocycles. The highest BCUT2D eigenvalue weighted by molar-refractivity contribution is 5.92. The highest BCUT2D eigenvalue weighted by atomic mass is 16.5. The van der Waals surface area contributed by atoms with E-state index < -0.39 is 35.7 Å². The summed E-state index contributed by atoms with van der Waals surface area (Å²) >= 11 is 0. The quantitative estimate of drug-likeness (QED) is 0.197. The van der Waals surface area contributed by atoms with Crippen LogP contribution in [0.3, 0.4) is 0 Å². The molecule has 3 rings (SSSR count). The molecular weight excluding hydrogens is 634 g/mol. The molecule has 3 N–H and O–H groups in total. The SMILES string of the molecule is CC[C@H](C)[C@@H]([C@@H](CC(=O)N1CCC[C@H]1[C@H](OC)[C@@H](C)C(=O)NCCC1C=CC=CC=C1)OC)N(C)C(=O)[C@H](NC(=O)[C@@]1(C)CCCN1)C(C)C. The Hall–Kier alpha value is -3.02. The number of rotatable bonds is 18. The van der Waals surface area contributed by atoms with E-state index in [1.54, 1.807) is 26.2 Å². The van der Waals surface area contributed by atoms with Crippen molar-refractivity contribution in [2.45, 2.75) is 122 Å². The second-order valence-electron chi connectivity index (χ2n) is 15.0. The van der Waals surface area contributed by atoms with E-state index in [4.69, 9.17) is 9.47 Å². The number of allylic oxidation sites excluding steroid dienone is 6. The standard InChI is InChI=1S/C39H65N5O6/c1-10-27(4)34(43(7)37(47)33(26(2)3)42-38(48)39(6)21-16-22-41-39)31(49-8)25-32(45)44-24-15-19-30(44)35(50-9)28(5)36(46)40-23-20-29-17-13-11-12-14-18-29/h11-14,17-18,26-31,33-35,41H,10,15-16,19-25H2,1-9H3,(H,40,46)(H,42,48)/t27-,28+,30-,31+,33+,34-,35+,39+/m0/s1. The molecule has 50 heavy (non-hydrogen) atoms. The molecule has 2 heterocycles. The first-order valence-electron chi connectivity index (χ1n) is 18.8. The van der Waals surface area contributed by atoms with Crippen LogP contribution in [0.5, 0.6) is 0 Å². The molecule has 282 valence electrons. The smallest absolute Gasteiger partial charge is 0.245 e. The highest BCUT2D eigenvalue weighted by Crippen LogP contribution is 2.30. The lowest BCUT2D eigenvalue weighted by Crippen LogP contribution is -2.61. The Morgan fingerprint density at radius 3 is 2.26 bits per heavy atom. The Labute approximate surface area is 301 Å². The minimum Gasteiger partial charge on any atom is -0.379 e. The van der Waals surface area contributed by atoms with Crippen LogP contribution in [0, 0.1) is 23.7 Å². The first kappa shape index (κ1) is 41.4. The Bertz CT molecular complexity index is 1210. The van der Waals surface area contributed by atoms with Gasteiger partial charge in [0.2, 0.25) is 23.6 Å². The lowest BCUT2D eigenvalue weighted by Gasteiger charge is -2.41. The molecule has 0 aromatic rings. The fraction of sp³-hybridized carbons (Fsp3) is 0.744. The van der Waals surface area contributed by atoms with Crippen molar-refractivity contribution in [3.05, 3.63) is 36.5 Å². The van der Waals surface area contributed by atoms with Crippen LogP contribution in [0.4, 0.5) is 0 Å². The van der Waals surface area contributed by atoms with E-state index in [0.717, 1.165) is 45.1 Å². The maximum atomic E-state index is 14.1. The number of likely N-dealkylation sites (N-methyl/N-ethyl adjacent to an activating group) is 1. The predicted molar refractivity (Wildman–Crippen MR) is 197 cm³/mol. The van der Waals surface area contributed by atoms with Crippen LogP contribution in [0.2, 0.25) is 0 Å². The van der Waals surface area contributed by atoms with Gasteiger partial charge in [-0.3, -0.25) is 19.2 Å². The van der Waals surface area contributed by atoms with Gasteiger partial charge in [0.15, 0.2) is 0 Å². The molecular formula is C39H65N5O6. The van der Waals surface area contributed by atoms with E-state index in [1.807, 2.05) is 56.9 Å². The second kappa shape index (κ2) is 19.6. The zero-order valence-electron chi connectivity index (χ0n) is 32.1. The zero-order valence-corrected chi connectivity index (χ0v) is 32.1. The second-order valence-corrected chi connectivity index (χ2v) is 15.0. The molecule has 2 fully saturated rings. The maximum Gasteiger partial charge on any atom is 0.245 e. The molecule has 11 nitrogen and oxygen atoms in total. The summed E-state index contributed by atoms with van der Waals surface area (Å²) < 4.78 is 11.9. The normalized spacial score (nSPS) is 24.4. The van der Waals surface area contributed by atoms with Gasteiger partial charge in [-0.1, -0.05) is 77.5 Å². The van der Waals surface area contributed by atoms with E-state index in [2.05, 4.69) is 41.9 Å². The lowest BCUT2D eigenvalue weighted by molar-refractivity contribution is -0.148. The molecule has 0 aromatic heterocycles. The molecule has 4 amide bonds. The van der Waals surface area contributed by atoms with Crippen molar-refractivity contribution in [2.75, 3.05) is 40.9 Å². The van der Waals surface area contributed by atoms with E-state index in [0.29, 0.717) is 13.1 Å². The van der Waals surface area contributed by atoms with Gasteiger partial charge in [-0.15, -0.1) is 0 Å². The number of likely N-dealkylation sites (tertiary alicyclic amines) is 1. The van der Waals surface area contributed by atoms with Crippen LogP contribution >= 0.6 is 0 Å². The Morgan fingerprint density at radius 1 is 1.02 bits per heavy atom. The van der Waals surface area contributed by atoms with Crippen LogP contribution in [-0.2, 0) is 28.7 Å². The molecule has 0 radical (unpaired) electrons. The van der Waals surface area contributed by atoms with E-state index in [-0.39, 0.29) is 53.8 Å². The van der Waals surface area contributed by atoms with Gasteiger partial charge in [0.25, 0.3) is 0 Å². The molecule has 11 heteroatoms. The summed E-state index contributed by atoms with van der Waals surface area (Å²) in [4.78, 5) is 58.4. The van der Waals surface area contributed by atoms with Gasteiger partial charge in [0.05, 0.1) is 42.2 Å². The van der Waals surface area contributed by atoms with Crippen molar-refractivity contribution >= 4 is 23.6 Å². The van der Waals surface area contributed by atoms with Crippen LogP contribution < -0.4 is 16.0 Å². The summed E-state index contributed by atoms with van der Waals surface area (Å²) in [6.07, 6.45) is 16.1. The predicted octanol–water partition coefficient (Wildman–Crippen LogP) is 3.99. The number of nitrogens with one attached hydrogen (secondary N) is 3. The number of carbonyl (C=O) groups excluding carboxylic acids is 4. The largest absolute Gasteiger partial charge is 0.379 e. The first-order valence-corrected chi connectivity index (χ1v) is 18.8. The summed E-state index contributed by atoms with van der Waals surface area (Å²) in [7, 11) is 4.95. The topological polar surface area (TPSA) is 129 Å². The van der Waals surface area contributed by atoms with Crippen molar-refractivity contribution < 1.29 is 28.7 Å². The van der Waals surface area contributed by atoms with Gasteiger partial charge in [-0.25, -0.2) is 0 Å². The molecule has 3 aliphatic rings. The molecule has 0 spiro atoms. The Morgan fingerprint density at radius 2 is 1.70 bits per heavy atom.